The van der Waals surface area contributed by atoms with Gasteiger partial charge in [-0.15, -0.1) is 0 Å². The summed E-state index contributed by atoms with van der Waals surface area (Å²) in [5.74, 6) is -3.26. The quantitative estimate of drug-likeness (QED) is 0.362. The Morgan fingerprint density at radius 2 is 1.92 bits per heavy atom. The van der Waals surface area contributed by atoms with Gasteiger partial charge in [0.1, 0.15) is 12.7 Å². The van der Waals surface area contributed by atoms with Crippen LogP contribution in [-0.4, -0.2) is 91.9 Å². The zero-order valence-corrected chi connectivity index (χ0v) is 21.1. The molecule has 9 nitrogen and oxygen atoms in total. The molecule has 5 rings (SSSR count). The van der Waals surface area contributed by atoms with E-state index in [2.05, 4.69) is 0 Å². The van der Waals surface area contributed by atoms with E-state index in [4.69, 9.17) is 14.0 Å². The van der Waals surface area contributed by atoms with Crippen molar-refractivity contribution in [1.29, 1.82) is 0 Å². The standard InChI is InChI=1S/C24H32FO9P.Na.H/c1-20(2)32-18-10-16-15-6-5-13-9-14(27)7-8-21(13,3)23(15,25)19(33-35(29,30)31)11-22(16,4)24(18,34-20)17(28)12-26;;/h7-9,15-16,18-19,26H,5-6,10-12H2,1-4H3,(H2,29,30,31);;/t15-,16-,18+,19-,21-,22-,23-,24+;;/m0../s1. The van der Waals surface area contributed by atoms with E-state index in [1.54, 1.807) is 27.7 Å². The van der Waals surface area contributed by atoms with E-state index in [-0.39, 0.29) is 48.2 Å². The van der Waals surface area contributed by atoms with Crippen LogP contribution in [0.1, 0.15) is 53.4 Å². The third-order valence-corrected chi connectivity index (χ3v) is 9.96. The summed E-state index contributed by atoms with van der Waals surface area (Å²) >= 11 is 0. The SMILES string of the molecule is CC1(C)O[C@@H]2C[C@H]3[C@@H]4CCC5=CC(=O)C=C[C@]5(C)[C@@]4(F)[C@@H](OP(=O)(O)O)C[C@]3(C)[C@]2(C(=O)CO)O1.[NaH]. The van der Waals surface area contributed by atoms with Crippen molar-refractivity contribution in [3.63, 3.8) is 0 Å². The van der Waals surface area contributed by atoms with E-state index in [1.165, 1.54) is 18.2 Å². The third-order valence-electron chi connectivity index (χ3n) is 9.43. The molecule has 0 spiro atoms. The Bertz CT molecular complexity index is 1100. The summed E-state index contributed by atoms with van der Waals surface area (Å²) in [5.41, 5.74) is -5.82. The number of allylic oxidation sites excluding steroid dienone is 4. The summed E-state index contributed by atoms with van der Waals surface area (Å²) in [4.78, 5) is 45.0. The first kappa shape index (κ1) is 28.7. The van der Waals surface area contributed by atoms with Crippen molar-refractivity contribution in [2.24, 2.45) is 22.7 Å². The molecule has 0 unspecified atom stereocenters. The summed E-state index contributed by atoms with van der Waals surface area (Å²) in [6.07, 6.45) is 2.52. The van der Waals surface area contributed by atoms with E-state index in [0.717, 1.165) is 0 Å². The van der Waals surface area contributed by atoms with Gasteiger partial charge in [-0.2, -0.15) is 0 Å². The van der Waals surface area contributed by atoms with Crippen LogP contribution >= 0.6 is 7.82 Å². The van der Waals surface area contributed by atoms with Crippen LogP contribution in [0.4, 0.5) is 4.39 Å². The van der Waals surface area contributed by atoms with Gasteiger partial charge in [-0.05, 0) is 64.5 Å². The number of rotatable bonds is 4. The summed E-state index contributed by atoms with van der Waals surface area (Å²) < 4.78 is 47.4. The van der Waals surface area contributed by atoms with Gasteiger partial charge in [-0.25, -0.2) is 8.96 Å². The molecule has 0 aromatic heterocycles. The number of hydrogen-bond acceptors (Lipinski definition) is 7. The van der Waals surface area contributed by atoms with Gasteiger partial charge in [0.25, 0.3) is 0 Å². The normalized spacial score (nSPS) is 46.7. The van der Waals surface area contributed by atoms with Crippen molar-refractivity contribution >= 4 is 48.9 Å². The molecule has 0 amide bonds. The fraction of sp³-hybridized carbons (Fsp3) is 0.750. The molecule has 4 fully saturated rings. The number of Topliss-reactive ketones (excluding diaryl/α,β-unsaturated/α-hetero) is 1. The zero-order chi connectivity index (χ0) is 25.8. The van der Waals surface area contributed by atoms with Crippen molar-refractivity contribution in [2.45, 2.75) is 82.6 Å². The van der Waals surface area contributed by atoms with Crippen molar-refractivity contribution in [3.05, 3.63) is 23.8 Å². The molecule has 3 N–H and O–H groups in total. The number of carbonyl (C=O) groups is 2. The Labute approximate surface area is 231 Å². The van der Waals surface area contributed by atoms with Gasteiger partial charge >= 0.3 is 37.4 Å². The second-order valence-corrected chi connectivity index (χ2v) is 12.7. The third kappa shape index (κ3) is 3.64. The van der Waals surface area contributed by atoms with E-state index in [1.807, 2.05) is 0 Å². The summed E-state index contributed by atoms with van der Waals surface area (Å²) in [7, 11) is -5.16. The number of hydrogen-bond donors (Lipinski definition) is 3. The van der Waals surface area contributed by atoms with Crippen molar-refractivity contribution in [1.82, 2.24) is 0 Å². The number of halogens is 1. The molecule has 3 saturated carbocycles. The molecule has 1 saturated heterocycles. The monoisotopic (exact) mass is 538 g/mol. The van der Waals surface area contributed by atoms with Crippen LogP contribution in [0, 0.1) is 22.7 Å². The molecule has 36 heavy (non-hydrogen) atoms. The van der Waals surface area contributed by atoms with E-state index < -0.39 is 72.1 Å². The minimum absolute atomic E-state index is 0. The van der Waals surface area contributed by atoms with E-state index >= 15 is 4.39 Å². The first-order valence-corrected chi connectivity index (χ1v) is 13.5. The topological polar surface area (TPSA) is 140 Å². The first-order chi connectivity index (χ1) is 16.0. The molecule has 0 aromatic carbocycles. The van der Waals surface area contributed by atoms with Gasteiger partial charge in [0.2, 0.25) is 0 Å². The number of ether oxygens (including phenoxy) is 2. The number of ketones is 2. The molecule has 0 bridgehead atoms. The van der Waals surface area contributed by atoms with Crippen LogP contribution < -0.4 is 0 Å². The molecule has 1 aliphatic heterocycles. The number of aliphatic hydroxyl groups is 1. The fourth-order valence-corrected chi connectivity index (χ4v) is 8.73. The molecule has 5 aliphatic rings. The van der Waals surface area contributed by atoms with E-state index in [9.17, 15) is 29.0 Å². The Morgan fingerprint density at radius 1 is 1.25 bits per heavy atom. The number of phosphoric ester groups is 1. The van der Waals surface area contributed by atoms with Crippen LogP contribution in [0.15, 0.2) is 23.8 Å². The van der Waals surface area contributed by atoms with Crippen LogP contribution in [0.5, 0.6) is 0 Å². The molecule has 196 valence electrons. The molecule has 0 aromatic rings. The zero-order valence-electron chi connectivity index (χ0n) is 20.2. The van der Waals surface area contributed by atoms with Crippen molar-refractivity contribution < 1.29 is 47.4 Å². The number of alkyl halides is 1. The maximum absolute atomic E-state index is 17.7. The van der Waals surface area contributed by atoms with Gasteiger partial charge in [0, 0.05) is 16.7 Å². The maximum atomic E-state index is 17.7. The molecule has 0 radical (unpaired) electrons. The van der Waals surface area contributed by atoms with E-state index in [0.29, 0.717) is 18.4 Å². The summed E-state index contributed by atoms with van der Waals surface area (Å²) in [6.45, 7) is 5.88. The van der Waals surface area contributed by atoms with Gasteiger partial charge in [-0.3, -0.25) is 14.1 Å². The number of aliphatic hydroxyl groups excluding tert-OH is 1. The van der Waals surface area contributed by atoms with Gasteiger partial charge < -0.3 is 24.4 Å². The second kappa shape index (κ2) is 8.62. The molecule has 4 aliphatic carbocycles. The molecule has 8 atom stereocenters. The van der Waals surface area contributed by atoms with Crippen LogP contribution in [-0.2, 0) is 28.2 Å². The second-order valence-electron chi connectivity index (χ2n) is 11.5. The Hall–Kier alpha value is -0.260. The molecular weight excluding hydrogens is 505 g/mol. The Morgan fingerprint density at radius 3 is 2.53 bits per heavy atom. The number of fused-ring (bicyclic) bond motifs is 7. The molecule has 1 heterocycles. The average Bonchev–Trinajstić information content (AvgIpc) is 3.14. The number of carbonyl (C=O) groups excluding carboxylic acids is 2. The Balaban J connectivity index is 0.00000304. The molecular formula is C24H33FNaO9P. The van der Waals surface area contributed by atoms with Gasteiger partial charge in [-0.1, -0.05) is 18.6 Å². The van der Waals surface area contributed by atoms with Crippen LogP contribution in [0.25, 0.3) is 0 Å². The van der Waals surface area contributed by atoms with Gasteiger partial charge in [0.05, 0.1) is 6.10 Å². The van der Waals surface area contributed by atoms with Crippen LogP contribution in [0.3, 0.4) is 0 Å². The van der Waals surface area contributed by atoms with Crippen molar-refractivity contribution in [2.75, 3.05) is 6.61 Å². The summed E-state index contributed by atoms with van der Waals surface area (Å²) in [5, 5.41) is 9.90. The average molecular weight is 538 g/mol. The predicted octanol–water partition coefficient (Wildman–Crippen LogP) is 1.89. The first-order valence-electron chi connectivity index (χ1n) is 11.9. The number of phosphoric acid groups is 1. The summed E-state index contributed by atoms with van der Waals surface area (Å²) in [6, 6.07) is 0. The Kier molecular flexibility index (Phi) is 6.88. The minimum atomic E-state index is -5.16. The van der Waals surface area contributed by atoms with Crippen LogP contribution in [0.2, 0.25) is 0 Å². The molecule has 12 heteroatoms. The predicted molar refractivity (Wildman–Crippen MR) is 127 cm³/mol. The van der Waals surface area contributed by atoms with Crippen molar-refractivity contribution in [3.8, 4) is 0 Å². The van der Waals surface area contributed by atoms with Gasteiger partial charge in [0.15, 0.2) is 28.6 Å². The fourth-order valence-electron chi connectivity index (χ4n) is 8.17.